The zero-order chi connectivity index (χ0) is 20.5. The Balaban J connectivity index is 1.87. The second kappa shape index (κ2) is 7.95. The molecule has 0 fully saturated rings. The number of nitrogens with zero attached hydrogens (tertiary/aromatic N) is 1. The molecule has 2 aromatic carbocycles. The van der Waals surface area contributed by atoms with Gasteiger partial charge >= 0.3 is 0 Å². The van der Waals surface area contributed by atoms with E-state index in [-0.39, 0.29) is 22.1 Å². The summed E-state index contributed by atoms with van der Waals surface area (Å²) in [6.07, 6.45) is -1.13. The summed E-state index contributed by atoms with van der Waals surface area (Å²) in [6, 6.07) is 4.40. The molecule has 28 heavy (non-hydrogen) atoms. The van der Waals surface area contributed by atoms with E-state index < -0.39 is 38.5 Å². The fraction of sp³-hybridized carbons (Fsp3) is 0.0625. The second-order valence-corrected chi connectivity index (χ2v) is 8.34. The van der Waals surface area contributed by atoms with E-state index in [9.17, 15) is 21.6 Å². The predicted molar refractivity (Wildman–Crippen MR) is 101 cm³/mol. The van der Waals surface area contributed by atoms with Crippen LogP contribution in [-0.2, 0) is 10.0 Å². The number of halogens is 4. The zero-order valence-electron chi connectivity index (χ0n) is 13.8. The van der Waals surface area contributed by atoms with Crippen LogP contribution < -0.4 is 15.8 Å². The number of thiazole rings is 1. The monoisotopic (exact) mass is 448 g/mol. The summed E-state index contributed by atoms with van der Waals surface area (Å²) >= 11 is 7.20. The van der Waals surface area contributed by atoms with E-state index in [0.717, 1.165) is 35.6 Å². The summed E-state index contributed by atoms with van der Waals surface area (Å²) in [5.74, 6) is -2.73. The maximum absolute atomic E-state index is 14.4. The third-order valence-electron chi connectivity index (χ3n) is 3.54. The Kier molecular flexibility index (Phi) is 5.79. The summed E-state index contributed by atoms with van der Waals surface area (Å²) in [6.45, 7) is 0. The van der Waals surface area contributed by atoms with Crippen LogP contribution in [0, 0.1) is 17.5 Å². The molecule has 0 aliphatic carbocycles. The van der Waals surface area contributed by atoms with E-state index in [2.05, 4.69) is 15.0 Å². The van der Waals surface area contributed by atoms with Gasteiger partial charge in [0, 0.05) is 11.4 Å². The quantitative estimate of drug-likeness (QED) is 0.493. The molecule has 0 bridgehead atoms. The first kappa shape index (κ1) is 20.4. The van der Waals surface area contributed by atoms with Crippen molar-refractivity contribution in [3.8, 4) is 0 Å². The molecule has 0 amide bonds. The highest BCUT2D eigenvalue weighted by molar-refractivity contribution is 7.92. The minimum atomic E-state index is -4.27. The van der Waals surface area contributed by atoms with Crippen LogP contribution >= 0.6 is 22.9 Å². The molecule has 0 saturated heterocycles. The second-order valence-electron chi connectivity index (χ2n) is 5.57. The van der Waals surface area contributed by atoms with E-state index in [4.69, 9.17) is 17.3 Å². The van der Waals surface area contributed by atoms with Crippen molar-refractivity contribution in [3.63, 3.8) is 0 Å². The van der Waals surface area contributed by atoms with E-state index in [1.54, 1.807) is 0 Å². The normalized spacial score (nSPS) is 12.6. The molecule has 1 aromatic heterocycles. The van der Waals surface area contributed by atoms with Crippen LogP contribution in [0.2, 0.25) is 5.02 Å². The summed E-state index contributed by atoms with van der Waals surface area (Å²) in [5.41, 5.74) is 7.24. The third-order valence-corrected chi connectivity index (χ3v) is 5.81. The molecule has 3 aromatic rings. The number of nitrogens with two attached hydrogens (primary N) is 1. The first-order chi connectivity index (χ1) is 13.2. The van der Waals surface area contributed by atoms with Crippen molar-refractivity contribution in [2.75, 3.05) is 10.0 Å². The Morgan fingerprint density at radius 3 is 2.39 bits per heavy atom. The van der Waals surface area contributed by atoms with Gasteiger partial charge in [0.25, 0.3) is 10.0 Å². The lowest BCUT2D eigenvalue weighted by atomic mass is 10.1. The van der Waals surface area contributed by atoms with Gasteiger partial charge in [0.15, 0.2) is 5.82 Å². The molecule has 0 aliphatic heterocycles. The highest BCUT2D eigenvalue weighted by Gasteiger charge is 2.23. The van der Waals surface area contributed by atoms with Crippen LogP contribution in [0.4, 0.5) is 24.7 Å². The Bertz CT molecular complexity index is 1090. The molecule has 4 N–H and O–H groups in total. The van der Waals surface area contributed by atoms with E-state index in [1.165, 1.54) is 10.9 Å². The molecule has 0 spiro atoms. The Labute approximate surface area is 167 Å². The van der Waals surface area contributed by atoms with E-state index in [0.29, 0.717) is 6.07 Å². The maximum Gasteiger partial charge on any atom is 0.266 e. The van der Waals surface area contributed by atoms with Gasteiger partial charge in [-0.2, -0.15) is 0 Å². The number of rotatable bonds is 6. The molecular formula is C16H12ClF3N4O2S2. The van der Waals surface area contributed by atoms with Crippen LogP contribution in [-0.4, -0.2) is 13.4 Å². The average Bonchev–Trinajstić information content (AvgIpc) is 3.09. The van der Waals surface area contributed by atoms with Gasteiger partial charge in [0.05, 0.1) is 16.2 Å². The van der Waals surface area contributed by atoms with Crippen LogP contribution in [0.15, 0.2) is 46.1 Å². The minimum Gasteiger partial charge on any atom is -0.365 e. The Hall–Kier alpha value is -2.34. The van der Waals surface area contributed by atoms with Crippen LogP contribution in [0.1, 0.15) is 11.7 Å². The summed E-state index contributed by atoms with van der Waals surface area (Å²) in [5, 5.41) is 3.87. The highest BCUT2D eigenvalue weighted by Crippen LogP contribution is 2.31. The molecule has 0 aliphatic rings. The number of sulfonamides is 1. The van der Waals surface area contributed by atoms with E-state index >= 15 is 0 Å². The van der Waals surface area contributed by atoms with Crippen LogP contribution in [0.5, 0.6) is 0 Å². The molecule has 6 nitrogen and oxygen atoms in total. The van der Waals surface area contributed by atoms with Gasteiger partial charge in [-0.3, -0.25) is 4.72 Å². The molecule has 12 heteroatoms. The lowest BCUT2D eigenvalue weighted by molar-refractivity contribution is 0.569. The highest BCUT2D eigenvalue weighted by atomic mass is 35.5. The molecule has 3 rings (SSSR count). The van der Waals surface area contributed by atoms with Crippen molar-refractivity contribution in [1.29, 1.82) is 0 Å². The van der Waals surface area contributed by atoms with Gasteiger partial charge in [-0.25, -0.2) is 26.6 Å². The molecule has 1 atom stereocenters. The van der Waals surface area contributed by atoms with Crippen molar-refractivity contribution in [3.05, 3.63) is 69.3 Å². The number of benzene rings is 2. The fourth-order valence-electron chi connectivity index (χ4n) is 2.31. The maximum atomic E-state index is 14.4. The summed E-state index contributed by atoms with van der Waals surface area (Å²) in [4.78, 5) is 3.07. The lowest BCUT2D eigenvalue weighted by Crippen LogP contribution is -2.21. The SMILES string of the molecule is N[C@H](Nc1cc(F)c(S(=O)(=O)Nc2cscn2)cc1Cl)c1cc(F)cc(F)c1. The molecular weight excluding hydrogens is 437 g/mol. The molecule has 0 radical (unpaired) electrons. The van der Waals surface area contributed by atoms with Gasteiger partial charge in [0.1, 0.15) is 28.5 Å². The van der Waals surface area contributed by atoms with Gasteiger partial charge in [-0.05, 0) is 29.8 Å². The van der Waals surface area contributed by atoms with Crippen molar-refractivity contribution in [1.82, 2.24) is 4.98 Å². The molecule has 148 valence electrons. The summed E-state index contributed by atoms with van der Waals surface area (Å²) < 4.78 is 67.9. The van der Waals surface area contributed by atoms with Crippen molar-refractivity contribution in [2.24, 2.45) is 5.73 Å². The number of nitrogens with one attached hydrogen (secondary N) is 2. The average molecular weight is 449 g/mol. The molecule has 1 heterocycles. The Morgan fingerprint density at radius 2 is 1.79 bits per heavy atom. The summed E-state index contributed by atoms with van der Waals surface area (Å²) in [7, 11) is -4.27. The van der Waals surface area contributed by atoms with Crippen molar-refractivity contribution in [2.45, 2.75) is 11.1 Å². The zero-order valence-corrected chi connectivity index (χ0v) is 16.2. The standard InChI is InChI=1S/C16H12ClF3N4O2S2/c17-11-4-14(28(25,26)24-15-6-27-7-22-15)12(20)5-13(11)23-16(21)8-1-9(18)3-10(19)2-8/h1-7,16,23-24H,21H2/t16-/m1/s1. The number of hydrogen-bond acceptors (Lipinski definition) is 6. The van der Waals surface area contributed by atoms with Gasteiger partial charge in [0.2, 0.25) is 0 Å². The van der Waals surface area contributed by atoms with Crippen molar-refractivity contribution >= 4 is 44.5 Å². The van der Waals surface area contributed by atoms with Crippen LogP contribution in [0.3, 0.4) is 0 Å². The van der Waals surface area contributed by atoms with Crippen LogP contribution in [0.25, 0.3) is 0 Å². The number of anilines is 2. The number of hydrogen-bond donors (Lipinski definition) is 3. The van der Waals surface area contributed by atoms with Crippen molar-refractivity contribution < 1.29 is 21.6 Å². The minimum absolute atomic E-state index is 0.0397. The predicted octanol–water partition coefficient (Wildman–Crippen LogP) is 4.08. The topological polar surface area (TPSA) is 97.1 Å². The molecule has 0 unspecified atom stereocenters. The third kappa shape index (κ3) is 4.55. The van der Waals surface area contributed by atoms with Gasteiger partial charge < -0.3 is 11.1 Å². The first-order valence-electron chi connectivity index (χ1n) is 7.54. The van der Waals surface area contributed by atoms with E-state index in [1.807, 2.05) is 0 Å². The first-order valence-corrected chi connectivity index (χ1v) is 10.3. The smallest absolute Gasteiger partial charge is 0.266 e. The van der Waals surface area contributed by atoms with Gasteiger partial charge in [-0.15, -0.1) is 11.3 Å². The number of aromatic nitrogens is 1. The fourth-order valence-corrected chi connectivity index (χ4v) is 4.23. The molecule has 0 saturated carbocycles. The Morgan fingerprint density at radius 1 is 1.11 bits per heavy atom. The lowest BCUT2D eigenvalue weighted by Gasteiger charge is -2.18. The largest absolute Gasteiger partial charge is 0.365 e. The van der Waals surface area contributed by atoms with Gasteiger partial charge in [-0.1, -0.05) is 11.6 Å².